The number of halogens is 1. The van der Waals surface area contributed by atoms with E-state index in [2.05, 4.69) is 0 Å². The number of benzene rings is 1. The van der Waals surface area contributed by atoms with E-state index < -0.39 is 5.82 Å². The highest BCUT2D eigenvalue weighted by molar-refractivity contribution is 5.77. The summed E-state index contributed by atoms with van der Waals surface area (Å²) in [6.45, 7) is 1.28. The first kappa shape index (κ1) is 10.2. The largest absolute Gasteiger partial charge is 0.486 e. The van der Waals surface area contributed by atoms with E-state index in [9.17, 15) is 9.18 Å². The maximum atomic E-state index is 13.0. The highest BCUT2D eigenvalue weighted by atomic mass is 19.1. The van der Waals surface area contributed by atoms with Crippen molar-refractivity contribution in [3.63, 3.8) is 0 Å². The monoisotopic (exact) mass is 193 g/mol. The Bertz CT molecular complexity index is 396. The third kappa shape index (κ3) is 2.56. The van der Waals surface area contributed by atoms with E-state index in [0.717, 1.165) is 6.07 Å². The Morgan fingerprint density at radius 1 is 1.64 bits per heavy atom. The highest BCUT2D eigenvalue weighted by Gasteiger charge is 2.03. The number of ketones is 1. The number of nitriles is 1. The second-order valence-corrected chi connectivity index (χ2v) is 2.74. The van der Waals surface area contributed by atoms with Gasteiger partial charge < -0.3 is 4.74 Å². The molecule has 1 aromatic carbocycles. The first-order chi connectivity index (χ1) is 6.63. The normalized spacial score (nSPS) is 9.21. The summed E-state index contributed by atoms with van der Waals surface area (Å²) >= 11 is 0. The van der Waals surface area contributed by atoms with Gasteiger partial charge in [-0.3, -0.25) is 4.79 Å². The second-order valence-electron chi connectivity index (χ2n) is 2.74. The fourth-order valence-corrected chi connectivity index (χ4v) is 0.861. The average molecular weight is 193 g/mol. The maximum Gasteiger partial charge on any atom is 0.167 e. The molecule has 1 rings (SSSR count). The van der Waals surface area contributed by atoms with Gasteiger partial charge in [0.2, 0.25) is 0 Å². The number of nitrogens with zero attached hydrogens (tertiary/aromatic N) is 1. The number of hydrogen-bond acceptors (Lipinski definition) is 3. The van der Waals surface area contributed by atoms with Gasteiger partial charge in [-0.2, -0.15) is 5.26 Å². The molecule has 14 heavy (non-hydrogen) atoms. The summed E-state index contributed by atoms with van der Waals surface area (Å²) in [6.07, 6.45) is 0. The van der Waals surface area contributed by atoms with E-state index in [1.54, 1.807) is 6.07 Å². The zero-order valence-electron chi connectivity index (χ0n) is 7.58. The van der Waals surface area contributed by atoms with Gasteiger partial charge in [-0.1, -0.05) is 0 Å². The molecule has 0 saturated carbocycles. The van der Waals surface area contributed by atoms with Crippen LogP contribution in [0.3, 0.4) is 0 Å². The summed E-state index contributed by atoms with van der Waals surface area (Å²) in [5.41, 5.74) is -0.0415. The Labute approximate surface area is 80.7 Å². The molecule has 0 aromatic heterocycles. The molecule has 0 heterocycles. The first-order valence-electron chi connectivity index (χ1n) is 3.95. The van der Waals surface area contributed by atoms with Gasteiger partial charge in [0, 0.05) is 6.07 Å². The van der Waals surface area contributed by atoms with Gasteiger partial charge >= 0.3 is 0 Å². The molecule has 0 fully saturated rings. The lowest BCUT2D eigenvalue weighted by molar-refractivity contribution is -0.118. The predicted molar refractivity (Wildman–Crippen MR) is 47.3 cm³/mol. The van der Waals surface area contributed by atoms with Crippen molar-refractivity contribution in [1.29, 1.82) is 5.26 Å². The van der Waals surface area contributed by atoms with Gasteiger partial charge in [-0.25, -0.2) is 4.39 Å². The minimum atomic E-state index is -0.645. The summed E-state index contributed by atoms with van der Waals surface area (Å²) < 4.78 is 17.9. The van der Waals surface area contributed by atoms with E-state index in [1.165, 1.54) is 19.1 Å². The second kappa shape index (κ2) is 4.38. The lowest BCUT2D eigenvalue weighted by atomic mass is 10.2. The molecular weight excluding hydrogens is 185 g/mol. The van der Waals surface area contributed by atoms with E-state index in [0.29, 0.717) is 0 Å². The molecule has 0 aliphatic rings. The van der Waals surface area contributed by atoms with Crippen LogP contribution in [0.5, 0.6) is 5.75 Å². The minimum absolute atomic E-state index is 0.0415. The van der Waals surface area contributed by atoms with E-state index >= 15 is 0 Å². The van der Waals surface area contributed by atoms with Gasteiger partial charge in [0.25, 0.3) is 0 Å². The first-order valence-corrected chi connectivity index (χ1v) is 3.95. The topological polar surface area (TPSA) is 50.1 Å². The van der Waals surface area contributed by atoms with Crippen molar-refractivity contribution in [2.24, 2.45) is 0 Å². The average Bonchev–Trinajstić information content (AvgIpc) is 2.15. The minimum Gasteiger partial charge on any atom is -0.486 e. The number of ether oxygens (including phenoxy) is 1. The third-order valence-corrected chi connectivity index (χ3v) is 1.50. The fraction of sp³-hybridized carbons (Fsp3) is 0.200. The number of carbonyl (C=O) groups excluding carboxylic acids is 1. The quantitative estimate of drug-likeness (QED) is 0.733. The molecule has 0 spiro atoms. The zero-order chi connectivity index (χ0) is 10.6. The molecule has 0 saturated heterocycles. The number of rotatable bonds is 3. The Morgan fingerprint density at radius 3 is 2.86 bits per heavy atom. The van der Waals surface area contributed by atoms with Gasteiger partial charge in [0.1, 0.15) is 24.2 Å². The number of hydrogen-bond donors (Lipinski definition) is 0. The maximum absolute atomic E-state index is 13.0. The number of Topliss-reactive ketones (excluding diaryl/α,β-unsaturated/α-hetero) is 1. The smallest absolute Gasteiger partial charge is 0.167 e. The van der Waals surface area contributed by atoms with Crippen LogP contribution in [0.15, 0.2) is 18.2 Å². The van der Waals surface area contributed by atoms with Crippen molar-refractivity contribution in [3.05, 3.63) is 29.6 Å². The van der Waals surface area contributed by atoms with Gasteiger partial charge in [0.05, 0.1) is 5.56 Å². The van der Waals surface area contributed by atoms with Gasteiger partial charge in [-0.05, 0) is 19.1 Å². The van der Waals surface area contributed by atoms with Crippen molar-refractivity contribution in [2.75, 3.05) is 6.61 Å². The van der Waals surface area contributed by atoms with Crippen molar-refractivity contribution in [1.82, 2.24) is 0 Å². The van der Waals surface area contributed by atoms with Gasteiger partial charge in [0.15, 0.2) is 5.78 Å². The SMILES string of the molecule is CC(=O)COc1ccc(C#N)c(F)c1. The molecule has 1 aromatic rings. The van der Waals surface area contributed by atoms with Gasteiger partial charge in [-0.15, -0.1) is 0 Å². The van der Waals surface area contributed by atoms with Crippen LogP contribution < -0.4 is 4.74 Å². The molecule has 0 aliphatic heterocycles. The van der Waals surface area contributed by atoms with E-state index in [4.69, 9.17) is 10.00 Å². The van der Waals surface area contributed by atoms with E-state index in [1.807, 2.05) is 0 Å². The Hall–Kier alpha value is -1.89. The van der Waals surface area contributed by atoms with Crippen molar-refractivity contribution in [3.8, 4) is 11.8 Å². The van der Waals surface area contributed by atoms with Crippen LogP contribution in [0.4, 0.5) is 4.39 Å². The summed E-state index contributed by atoms with van der Waals surface area (Å²) in [5, 5.41) is 8.44. The molecule has 0 aliphatic carbocycles. The highest BCUT2D eigenvalue weighted by Crippen LogP contribution is 2.15. The molecule has 72 valence electrons. The summed E-state index contributed by atoms with van der Waals surface area (Å²) in [5.74, 6) is -0.542. The standard InChI is InChI=1S/C10H8FNO2/c1-7(13)6-14-9-3-2-8(5-12)10(11)4-9/h2-4H,6H2,1H3. The van der Waals surface area contributed by atoms with Crippen LogP contribution >= 0.6 is 0 Å². The molecule has 0 bridgehead atoms. The van der Waals surface area contributed by atoms with Crippen LogP contribution in [-0.2, 0) is 4.79 Å². The van der Waals surface area contributed by atoms with E-state index in [-0.39, 0.29) is 23.7 Å². The third-order valence-electron chi connectivity index (χ3n) is 1.50. The molecule has 0 radical (unpaired) electrons. The van der Waals surface area contributed by atoms with Crippen LogP contribution in [0.2, 0.25) is 0 Å². The zero-order valence-corrected chi connectivity index (χ0v) is 7.58. The Balaban J connectivity index is 2.77. The molecule has 4 heteroatoms. The lowest BCUT2D eigenvalue weighted by Gasteiger charge is -2.03. The summed E-state index contributed by atoms with van der Waals surface area (Å²) in [7, 11) is 0. The Morgan fingerprint density at radius 2 is 2.36 bits per heavy atom. The summed E-state index contributed by atoms with van der Waals surface area (Å²) in [4.78, 5) is 10.6. The Kier molecular flexibility index (Phi) is 3.19. The molecule has 0 amide bonds. The van der Waals surface area contributed by atoms with Crippen molar-refractivity contribution in [2.45, 2.75) is 6.92 Å². The molecular formula is C10H8FNO2. The van der Waals surface area contributed by atoms with Crippen LogP contribution in [0.25, 0.3) is 0 Å². The molecule has 0 N–H and O–H groups in total. The predicted octanol–water partition coefficient (Wildman–Crippen LogP) is 1.67. The fourth-order valence-electron chi connectivity index (χ4n) is 0.861. The summed E-state index contributed by atoms with van der Waals surface area (Å²) in [6, 6.07) is 5.53. The van der Waals surface area contributed by atoms with Crippen molar-refractivity contribution >= 4 is 5.78 Å². The molecule has 0 atom stereocenters. The molecule has 0 unspecified atom stereocenters. The van der Waals surface area contributed by atoms with Crippen LogP contribution in [0.1, 0.15) is 12.5 Å². The lowest BCUT2D eigenvalue weighted by Crippen LogP contribution is -2.06. The van der Waals surface area contributed by atoms with Crippen LogP contribution in [-0.4, -0.2) is 12.4 Å². The van der Waals surface area contributed by atoms with Crippen molar-refractivity contribution < 1.29 is 13.9 Å². The molecule has 3 nitrogen and oxygen atoms in total. The number of carbonyl (C=O) groups is 1. The van der Waals surface area contributed by atoms with Crippen LogP contribution in [0, 0.1) is 17.1 Å².